The number of morpholine rings is 1. The van der Waals surface area contributed by atoms with Gasteiger partial charge in [0.1, 0.15) is 23.6 Å². The van der Waals surface area contributed by atoms with Crippen LogP contribution in [0.3, 0.4) is 0 Å². The van der Waals surface area contributed by atoms with E-state index in [-0.39, 0.29) is 33.3 Å². The lowest BCUT2D eigenvalue weighted by Crippen LogP contribution is -2.39. The normalized spacial score (nSPS) is 16.3. The average molecular weight is 497 g/mol. The van der Waals surface area contributed by atoms with Crippen LogP contribution in [0.4, 0.5) is 10.2 Å². The number of fused-ring (bicyclic) bond motifs is 1. The highest BCUT2D eigenvalue weighted by molar-refractivity contribution is 7.80. The third-order valence-corrected chi connectivity index (χ3v) is 6.60. The Bertz CT molecular complexity index is 1480. The monoisotopic (exact) mass is 496 g/mol. The number of hydrogen-bond donors (Lipinski definition) is 1. The number of nitrogens with zero attached hydrogens (tertiary/aromatic N) is 4. The number of aromatic nitrogens is 3. The molecular formula is C25H22ClFN4O2S. The van der Waals surface area contributed by atoms with Gasteiger partial charge in [-0.3, -0.25) is 9.36 Å². The summed E-state index contributed by atoms with van der Waals surface area (Å²) in [7, 11) is 1.64. The molecule has 5 rings (SSSR count). The summed E-state index contributed by atoms with van der Waals surface area (Å²) >= 11 is 10.4. The minimum Gasteiger partial charge on any atom is -0.370 e. The fourth-order valence-electron chi connectivity index (χ4n) is 4.20. The lowest BCUT2D eigenvalue weighted by atomic mass is 10.1. The molecule has 0 saturated carbocycles. The quantitative estimate of drug-likeness (QED) is 0.406. The van der Waals surface area contributed by atoms with Gasteiger partial charge in [-0.05, 0) is 42.8 Å². The molecule has 9 heteroatoms. The number of ether oxygens (including phenoxy) is 1. The summed E-state index contributed by atoms with van der Waals surface area (Å²) in [4.78, 5) is 25.5. The van der Waals surface area contributed by atoms with Gasteiger partial charge in [0.15, 0.2) is 0 Å². The van der Waals surface area contributed by atoms with Crippen molar-refractivity contribution >= 4 is 41.0 Å². The van der Waals surface area contributed by atoms with Crippen molar-refractivity contribution in [1.29, 1.82) is 0 Å². The molecular weight excluding hydrogens is 475 g/mol. The molecule has 34 heavy (non-hydrogen) atoms. The maximum Gasteiger partial charge on any atom is 0.263 e. The van der Waals surface area contributed by atoms with Crippen molar-refractivity contribution in [1.82, 2.24) is 14.5 Å². The lowest BCUT2D eigenvalue weighted by molar-refractivity contribution is 0.0394. The zero-order chi connectivity index (χ0) is 24.0. The minimum atomic E-state index is -0.550. The van der Waals surface area contributed by atoms with Crippen LogP contribution in [-0.2, 0) is 11.8 Å². The summed E-state index contributed by atoms with van der Waals surface area (Å²) in [6, 6.07) is 14.0. The lowest BCUT2D eigenvalue weighted by Gasteiger charge is -2.34. The van der Waals surface area contributed by atoms with Gasteiger partial charge in [-0.1, -0.05) is 23.7 Å². The molecule has 6 nitrogen and oxygen atoms in total. The van der Waals surface area contributed by atoms with Crippen LogP contribution >= 0.6 is 24.2 Å². The van der Waals surface area contributed by atoms with Gasteiger partial charge in [0, 0.05) is 41.7 Å². The maximum absolute atomic E-state index is 15.0. The van der Waals surface area contributed by atoms with Gasteiger partial charge in [0.2, 0.25) is 0 Å². The number of anilines is 1. The Kier molecular flexibility index (Phi) is 6.06. The first-order valence-corrected chi connectivity index (χ1v) is 11.6. The van der Waals surface area contributed by atoms with Crippen LogP contribution < -0.4 is 10.5 Å². The number of hydrogen-bond acceptors (Lipinski definition) is 6. The van der Waals surface area contributed by atoms with Crippen LogP contribution in [0, 0.1) is 12.7 Å². The molecule has 0 aliphatic carbocycles. The SMILES string of the molecule is Cc1nc2cc(N3CCO[C@@H](c4cccc(S)c4)C3)nc(-c3ccc(Cl)cc3F)c2c(=O)n1C. The summed E-state index contributed by atoms with van der Waals surface area (Å²) in [6.45, 7) is 3.40. The van der Waals surface area contributed by atoms with Crippen LogP contribution in [0.2, 0.25) is 5.02 Å². The average Bonchev–Trinajstić information content (AvgIpc) is 2.82. The highest BCUT2D eigenvalue weighted by atomic mass is 35.5. The Labute approximate surface area is 206 Å². The minimum absolute atomic E-state index is 0.174. The number of benzene rings is 2. The summed E-state index contributed by atoms with van der Waals surface area (Å²) in [5.41, 5.74) is 1.65. The second-order valence-corrected chi connectivity index (χ2v) is 9.22. The standard InChI is InChI=1S/C25H22ClFN4O2S/c1-14-28-20-12-22(31-8-9-33-21(13-31)15-4-3-5-17(34)10-15)29-24(23(20)25(32)30(14)2)18-7-6-16(26)11-19(18)27/h3-7,10-12,21,34H,8-9,13H2,1-2H3/t21-/m1/s1. The third-order valence-electron chi connectivity index (χ3n) is 6.09. The van der Waals surface area contributed by atoms with Crippen molar-refractivity contribution in [2.75, 3.05) is 24.6 Å². The van der Waals surface area contributed by atoms with Crippen LogP contribution in [-0.4, -0.2) is 34.2 Å². The van der Waals surface area contributed by atoms with E-state index in [1.54, 1.807) is 32.2 Å². The fourth-order valence-corrected chi connectivity index (χ4v) is 4.60. The first kappa shape index (κ1) is 22.8. The van der Waals surface area contributed by atoms with Crippen LogP contribution in [0.15, 0.2) is 58.2 Å². The zero-order valence-corrected chi connectivity index (χ0v) is 20.3. The highest BCUT2D eigenvalue weighted by Gasteiger charge is 2.26. The molecule has 0 N–H and O–H groups in total. The molecule has 0 unspecified atom stereocenters. The van der Waals surface area contributed by atoms with E-state index in [2.05, 4.69) is 22.5 Å². The predicted molar refractivity (Wildman–Crippen MR) is 135 cm³/mol. The molecule has 2 aromatic carbocycles. The molecule has 0 spiro atoms. The van der Waals surface area contributed by atoms with Gasteiger partial charge < -0.3 is 9.64 Å². The number of halogens is 2. The van der Waals surface area contributed by atoms with Crippen molar-refractivity contribution in [2.24, 2.45) is 7.05 Å². The number of aryl methyl sites for hydroxylation is 1. The van der Waals surface area contributed by atoms with E-state index in [9.17, 15) is 9.18 Å². The number of thiol groups is 1. The fraction of sp³-hybridized carbons (Fsp3) is 0.240. The summed E-state index contributed by atoms with van der Waals surface area (Å²) in [5, 5.41) is 0.539. The van der Waals surface area contributed by atoms with Crippen molar-refractivity contribution in [3.8, 4) is 11.3 Å². The summed E-state index contributed by atoms with van der Waals surface area (Å²) < 4.78 is 22.4. The molecule has 3 heterocycles. The Morgan fingerprint density at radius 1 is 1.18 bits per heavy atom. The summed E-state index contributed by atoms with van der Waals surface area (Å²) in [6.07, 6.45) is -0.174. The van der Waals surface area contributed by atoms with Crippen molar-refractivity contribution in [2.45, 2.75) is 17.9 Å². The molecule has 0 radical (unpaired) electrons. The smallest absolute Gasteiger partial charge is 0.263 e. The molecule has 1 saturated heterocycles. The Balaban J connectivity index is 1.66. The number of pyridine rings is 1. The van der Waals surface area contributed by atoms with Gasteiger partial charge in [-0.15, -0.1) is 12.6 Å². The predicted octanol–water partition coefficient (Wildman–Crippen LogP) is 4.96. The van der Waals surface area contributed by atoms with Crippen LogP contribution in [0.25, 0.3) is 22.2 Å². The van der Waals surface area contributed by atoms with E-state index in [0.717, 1.165) is 10.5 Å². The van der Waals surface area contributed by atoms with Crippen molar-refractivity contribution in [3.63, 3.8) is 0 Å². The van der Waals surface area contributed by atoms with Gasteiger partial charge in [0.25, 0.3) is 5.56 Å². The van der Waals surface area contributed by atoms with Gasteiger partial charge in [-0.2, -0.15) is 0 Å². The molecule has 1 aliphatic rings. The molecule has 4 aromatic rings. The molecule has 174 valence electrons. The van der Waals surface area contributed by atoms with E-state index in [4.69, 9.17) is 21.3 Å². The first-order valence-electron chi connectivity index (χ1n) is 10.8. The number of rotatable bonds is 3. The van der Waals surface area contributed by atoms with E-state index in [1.807, 2.05) is 24.3 Å². The second kappa shape index (κ2) is 9.02. The van der Waals surface area contributed by atoms with E-state index in [0.29, 0.717) is 36.9 Å². The van der Waals surface area contributed by atoms with E-state index in [1.165, 1.54) is 10.6 Å². The van der Waals surface area contributed by atoms with Gasteiger partial charge in [-0.25, -0.2) is 14.4 Å². The first-order chi connectivity index (χ1) is 16.3. The second-order valence-electron chi connectivity index (χ2n) is 8.27. The van der Waals surface area contributed by atoms with Gasteiger partial charge in [0.05, 0.1) is 23.2 Å². The Morgan fingerprint density at radius 3 is 2.76 bits per heavy atom. The summed E-state index contributed by atoms with van der Waals surface area (Å²) in [5.74, 6) is 0.612. The molecule has 1 aliphatic heterocycles. The van der Waals surface area contributed by atoms with Crippen molar-refractivity contribution < 1.29 is 9.13 Å². The van der Waals surface area contributed by atoms with Crippen LogP contribution in [0.5, 0.6) is 0 Å². The van der Waals surface area contributed by atoms with Gasteiger partial charge >= 0.3 is 0 Å². The highest BCUT2D eigenvalue weighted by Crippen LogP contribution is 2.33. The maximum atomic E-state index is 15.0. The zero-order valence-electron chi connectivity index (χ0n) is 18.6. The Hall–Kier alpha value is -2.94. The molecule has 1 atom stereocenters. The largest absolute Gasteiger partial charge is 0.370 e. The van der Waals surface area contributed by atoms with Crippen LogP contribution in [0.1, 0.15) is 17.5 Å². The van der Waals surface area contributed by atoms with E-state index < -0.39 is 5.82 Å². The van der Waals surface area contributed by atoms with Crippen molar-refractivity contribution in [3.05, 3.63) is 81.1 Å². The molecule has 0 amide bonds. The molecule has 0 bridgehead atoms. The Morgan fingerprint density at radius 2 is 2.00 bits per heavy atom. The third kappa shape index (κ3) is 4.17. The topological polar surface area (TPSA) is 60.2 Å². The molecule has 2 aromatic heterocycles. The molecule has 1 fully saturated rings. The van der Waals surface area contributed by atoms with E-state index >= 15 is 0 Å².